The van der Waals surface area contributed by atoms with E-state index in [1.54, 1.807) is 16.2 Å². The number of nitrogens with zero attached hydrogens (tertiary/aromatic N) is 5. The summed E-state index contributed by atoms with van der Waals surface area (Å²) in [6.07, 6.45) is 8.52. The predicted molar refractivity (Wildman–Crippen MR) is 161 cm³/mol. The Morgan fingerprint density at radius 2 is 1.79 bits per heavy atom. The minimum Gasteiger partial charge on any atom is -0.448 e. The van der Waals surface area contributed by atoms with Gasteiger partial charge >= 0.3 is 11.8 Å². The molecule has 0 radical (unpaired) electrons. The number of fused-ring (bicyclic) bond motifs is 2. The Hall–Kier alpha value is -3.18. The zero-order valence-electron chi connectivity index (χ0n) is 25.2. The number of carbonyl (C=O) groups excluding carboxylic acids is 3. The van der Waals surface area contributed by atoms with E-state index in [0.29, 0.717) is 36.9 Å². The van der Waals surface area contributed by atoms with E-state index in [0.717, 1.165) is 76.0 Å². The van der Waals surface area contributed by atoms with E-state index >= 15 is 0 Å². The van der Waals surface area contributed by atoms with Gasteiger partial charge in [-0.1, -0.05) is 6.07 Å². The van der Waals surface area contributed by atoms with Gasteiger partial charge in [-0.3, -0.25) is 28.9 Å². The van der Waals surface area contributed by atoms with E-state index in [4.69, 9.17) is 4.74 Å². The molecule has 11 nitrogen and oxygen atoms in total. The minimum atomic E-state index is -0.665. The third kappa shape index (κ3) is 5.50. The molecule has 5 aliphatic heterocycles. The molecule has 4 atom stereocenters. The van der Waals surface area contributed by atoms with Crippen LogP contribution in [0.3, 0.4) is 0 Å². The van der Waals surface area contributed by atoms with E-state index in [9.17, 15) is 19.2 Å². The standard InChI is InChI=1S/C32H44N6O5/c1-34-28-17-23(4-7-26(28)38(31(34)41)27-8-9-29(39)33-30(27)40)22-11-14-35(15-12-22)18-21-10-16-36(19-21)32(42)43-20-25-6-5-24-3-2-13-37(24)25/h4,7,17,21-22,24-25,27H,2-3,5-6,8-16,18-20H2,1H3,(H,33,39,40). The van der Waals surface area contributed by atoms with Gasteiger partial charge in [-0.05, 0) is 101 Å². The van der Waals surface area contributed by atoms with Crippen molar-refractivity contribution in [1.82, 2.24) is 29.2 Å². The van der Waals surface area contributed by atoms with Crippen molar-refractivity contribution in [3.8, 4) is 0 Å². The van der Waals surface area contributed by atoms with Gasteiger partial charge in [-0.25, -0.2) is 9.59 Å². The molecule has 0 aliphatic carbocycles. The molecule has 1 N–H and O–H groups in total. The van der Waals surface area contributed by atoms with Crippen molar-refractivity contribution in [1.29, 1.82) is 0 Å². The molecule has 5 saturated heterocycles. The Labute approximate surface area is 252 Å². The van der Waals surface area contributed by atoms with Gasteiger partial charge in [-0.15, -0.1) is 0 Å². The molecule has 3 amide bonds. The number of piperidine rings is 2. The second-order valence-corrected chi connectivity index (χ2v) is 13.4. The number of benzene rings is 1. The molecule has 43 heavy (non-hydrogen) atoms. The first kappa shape index (κ1) is 28.6. The first-order valence-electron chi connectivity index (χ1n) is 16.3. The van der Waals surface area contributed by atoms with Crippen LogP contribution in [0.5, 0.6) is 0 Å². The summed E-state index contributed by atoms with van der Waals surface area (Å²) in [6.45, 7) is 6.29. The molecule has 0 saturated carbocycles. The maximum absolute atomic E-state index is 13.1. The summed E-state index contributed by atoms with van der Waals surface area (Å²) in [7, 11) is 1.75. The van der Waals surface area contributed by atoms with Gasteiger partial charge < -0.3 is 14.5 Å². The molecule has 5 fully saturated rings. The number of likely N-dealkylation sites (tertiary alicyclic amines) is 2. The number of aryl methyl sites for hydroxylation is 1. The van der Waals surface area contributed by atoms with Crippen LogP contribution in [0.15, 0.2) is 23.0 Å². The number of imidazole rings is 1. The smallest absolute Gasteiger partial charge is 0.409 e. The van der Waals surface area contributed by atoms with E-state index in [1.807, 2.05) is 11.0 Å². The Balaban J connectivity index is 0.910. The quantitative estimate of drug-likeness (QED) is 0.514. The lowest BCUT2D eigenvalue weighted by molar-refractivity contribution is -0.135. The van der Waals surface area contributed by atoms with Crippen LogP contribution in [-0.4, -0.2) is 99.7 Å². The summed E-state index contributed by atoms with van der Waals surface area (Å²) in [5, 5.41) is 2.37. The summed E-state index contributed by atoms with van der Waals surface area (Å²) in [5.41, 5.74) is 2.54. The van der Waals surface area contributed by atoms with Gasteiger partial charge in [0.1, 0.15) is 12.6 Å². The van der Waals surface area contributed by atoms with Gasteiger partial charge in [-0.2, -0.15) is 0 Å². The highest BCUT2D eigenvalue weighted by Crippen LogP contribution is 2.34. The van der Waals surface area contributed by atoms with Crippen molar-refractivity contribution in [2.75, 3.05) is 45.9 Å². The molecule has 4 unspecified atom stereocenters. The summed E-state index contributed by atoms with van der Waals surface area (Å²) in [4.78, 5) is 57.1. The summed E-state index contributed by atoms with van der Waals surface area (Å²) < 4.78 is 8.95. The van der Waals surface area contributed by atoms with Gasteiger partial charge in [0.05, 0.1) is 11.0 Å². The monoisotopic (exact) mass is 592 g/mol. The normalized spacial score (nSPS) is 29.0. The maximum Gasteiger partial charge on any atom is 0.409 e. The summed E-state index contributed by atoms with van der Waals surface area (Å²) in [5.74, 6) is 0.200. The molecule has 7 rings (SSSR count). The summed E-state index contributed by atoms with van der Waals surface area (Å²) >= 11 is 0. The second kappa shape index (κ2) is 11.7. The largest absolute Gasteiger partial charge is 0.448 e. The molecule has 232 valence electrons. The Morgan fingerprint density at radius 1 is 0.953 bits per heavy atom. The van der Waals surface area contributed by atoms with Crippen molar-refractivity contribution >= 4 is 28.9 Å². The Bertz CT molecular complexity index is 1460. The van der Waals surface area contributed by atoms with Gasteiger partial charge in [0.2, 0.25) is 11.8 Å². The molecule has 1 aromatic carbocycles. The van der Waals surface area contributed by atoms with Crippen LogP contribution in [0.25, 0.3) is 11.0 Å². The Kier molecular flexibility index (Phi) is 7.79. The number of imide groups is 1. The highest BCUT2D eigenvalue weighted by atomic mass is 16.6. The fraction of sp³-hybridized carbons (Fsp3) is 0.688. The average molecular weight is 593 g/mol. The molecular formula is C32H44N6O5. The molecule has 6 heterocycles. The first-order valence-corrected chi connectivity index (χ1v) is 16.3. The number of carbonyl (C=O) groups is 3. The van der Waals surface area contributed by atoms with Crippen LogP contribution in [0.1, 0.15) is 75.3 Å². The van der Waals surface area contributed by atoms with Crippen molar-refractivity contribution < 1.29 is 19.1 Å². The number of rotatable bonds is 6. The molecule has 1 aromatic heterocycles. The molecule has 2 aromatic rings. The topological polar surface area (TPSA) is 109 Å². The van der Waals surface area contributed by atoms with Gasteiger partial charge in [0, 0.05) is 45.2 Å². The predicted octanol–water partition coefficient (Wildman–Crippen LogP) is 2.58. The third-order valence-corrected chi connectivity index (χ3v) is 10.9. The zero-order chi connectivity index (χ0) is 29.7. The molecule has 11 heteroatoms. The highest BCUT2D eigenvalue weighted by molar-refractivity contribution is 6.00. The first-order chi connectivity index (χ1) is 20.9. The number of hydrogen-bond donors (Lipinski definition) is 1. The number of aromatic nitrogens is 2. The van der Waals surface area contributed by atoms with E-state index in [1.165, 1.54) is 24.8 Å². The van der Waals surface area contributed by atoms with E-state index in [-0.39, 0.29) is 24.1 Å². The number of nitrogens with one attached hydrogen (secondary N) is 1. The maximum atomic E-state index is 13.1. The van der Waals surface area contributed by atoms with Crippen LogP contribution >= 0.6 is 0 Å². The third-order valence-electron chi connectivity index (χ3n) is 10.9. The number of hydrogen-bond acceptors (Lipinski definition) is 7. The zero-order valence-corrected chi connectivity index (χ0v) is 25.2. The van der Waals surface area contributed by atoms with E-state index < -0.39 is 11.9 Å². The Morgan fingerprint density at radius 3 is 2.60 bits per heavy atom. The number of amides is 3. The second-order valence-electron chi connectivity index (χ2n) is 13.4. The van der Waals surface area contributed by atoms with Gasteiger partial charge in [0.25, 0.3) is 0 Å². The van der Waals surface area contributed by atoms with Crippen molar-refractivity contribution in [2.24, 2.45) is 13.0 Å². The van der Waals surface area contributed by atoms with Gasteiger partial charge in [0.15, 0.2) is 0 Å². The van der Waals surface area contributed by atoms with Crippen LogP contribution < -0.4 is 11.0 Å². The minimum absolute atomic E-state index is 0.139. The van der Waals surface area contributed by atoms with Crippen molar-refractivity contribution in [3.05, 3.63) is 34.2 Å². The lowest BCUT2D eigenvalue weighted by atomic mass is 9.88. The van der Waals surface area contributed by atoms with Crippen LogP contribution in [-0.2, 0) is 21.4 Å². The molecule has 0 spiro atoms. The fourth-order valence-electron chi connectivity index (χ4n) is 8.46. The van der Waals surface area contributed by atoms with E-state index in [2.05, 4.69) is 27.2 Å². The van der Waals surface area contributed by atoms with Crippen molar-refractivity contribution in [2.45, 2.75) is 81.8 Å². The highest BCUT2D eigenvalue weighted by Gasteiger charge is 2.38. The lowest BCUT2D eigenvalue weighted by Gasteiger charge is -2.33. The lowest BCUT2D eigenvalue weighted by Crippen LogP contribution is -2.44. The average Bonchev–Trinajstić information content (AvgIpc) is 3.79. The fourth-order valence-corrected chi connectivity index (χ4v) is 8.46. The van der Waals surface area contributed by atoms with Crippen LogP contribution in [0.2, 0.25) is 0 Å². The van der Waals surface area contributed by atoms with Crippen LogP contribution in [0, 0.1) is 5.92 Å². The summed E-state index contributed by atoms with van der Waals surface area (Å²) in [6, 6.07) is 6.63. The van der Waals surface area contributed by atoms with Crippen LogP contribution in [0.4, 0.5) is 4.79 Å². The molecule has 0 bridgehead atoms. The molecule has 5 aliphatic rings. The number of ether oxygens (including phenoxy) is 1. The van der Waals surface area contributed by atoms with Crippen molar-refractivity contribution in [3.63, 3.8) is 0 Å². The SMILES string of the molecule is Cn1c(=O)n(C2CCC(=O)NC2=O)c2ccc(C3CCN(CC4CCN(C(=O)OCC5CCC6CCCN65)C4)CC3)cc21. The molecular weight excluding hydrogens is 548 g/mol.